The molecule has 1 heteroatoms. The highest BCUT2D eigenvalue weighted by molar-refractivity contribution is 6.11. The maximum absolute atomic E-state index is 2.78. The number of para-hydroxylation sites is 1. The van der Waals surface area contributed by atoms with Gasteiger partial charge >= 0.3 is 0 Å². The SMILES string of the molecule is CC(C)CCC[C@@H](C)[C@H]1CC[C@H]2[C@@H]3CC[C@H]4CC(c5ccc(-n6c7ccccc7c7cc8c(cc76)-c6ccccc6C8(c6ccccc6)c6ccccc6)cc5)CC[C@]4(C)[C@H]3CC[C@]12C. The Morgan fingerprint density at radius 2 is 1.23 bits per heavy atom. The highest BCUT2D eigenvalue weighted by Gasteiger charge is 2.60. The van der Waals surface area contributed by atoms with Crippen LogP contribution in [0, 0.1) is 52.3 Å². The molecular weight excluding hydrogens is 783 g/mol. The van der Waals surface area contributed by atoms with Crippen molar-refractivity contribution in [2.24, 2.45) is 52.3 Å². The number of nitrogens with zero attached hydrogens (tertiary/aromatic N) is 1. The predicted octanol–water partition coefficient (Wildman–Crippen LogP) is 17.4. The van der Waals surface area contributed by atoms with Gasteiger partial charge in [0.15, 0.2) is 0 Å². The lowest BCUT2D eigenvalue weighted by molar-refractivity contribution is -0.117. The molecule has 0 N–H and O–H groups in total. The van der Waals surface area contributed by atoms with E-state index in [1.807, 2.05) is 0 Å². The fourth-order valence-electron chi connectivity index (χ4n) is 16.7. The van der Waals surface area contributed by atoms with Crippen molar-refractivity contribution in [3.63, 3.8) is 0 Å². The molecule has 0 saturated heterocycles. The van der Waals surface area contributed by atoms with E-state index in [1.165, 1.54) is 138 Å². The lowest BCUT2D eigenvalue weighted by atomic mass is 9.43. The van der Waals surface area contributed by atoms with E-state index in [0.29, 0.717) is 16.7 Å². The molecule has 0 spiro atoms. The molecule has 12 rings (SSSR count). The molecule has 6 aromatic carbocycles. The molecule has 4 fully saturated rings. The summed E-state index contributed by atoms with van der Waals surface area (Å²) in [5.74, 6) is 7.07. The number of benzene rings is 6. The van der Waals surface area contributed by atoms with Crippen LogP contribution in [0.15, 0.2) is 146 Å². The molecule has 332 valence electrons. The molecule has 7 aromatic rings. The number of hydrogen-bond acceptors (Lipinski definition) is 0. The molecule has 65 heavy (non-hydrogen) atoms. The highest BCUT2D eigenvalue weighted by atomic mass is 15.0. The first kappa shape index (κ1) is 41.5. The molecule has 1 nitrogen and oxygen atoms in total. The van der Waals surface area contributed by atoms with Crippen molar-refractivity contribution in [1.82, 2.24) is 4.57 Å². The van der Waals surface area contributed by atoms with Crippen molar-refractivity contribution in [3.8, 4) is 16.8 Å². The Labute approximate surface area is 390 Å². The largest absolute Gasteiger partial charge is 0.309 e. The van der Waals surface area contributed by atoms with E-state index in [-0.39, 0.29) is 0 Å². The summed E-state index contributed by atoms with van der Waals surface area (Å²) in [6.07, 6.45) is 17.3. The average molecular weight is 854 g/mol. The normalized spacial score (nSPS) is 29.3. The first-order valence-corrected chi connectivity index (χ1v) is 26.1. The summed E-state index contributed by atoms with van der Waals surface area (Å²) in [4.78, 5) is 0. The number of fused-ring (bicyclic) bond motifs is 11. The summed E-state index contributed by atoms with van der Waals surface area (Å²) in [6.45, 7) is 13.0. The smallest absolute Gasteiger partial charge is 0.0713 e. The number of hydrogen-bond donors (Lipinski definition) is 0. The van der Waals surface area contributed by atoms with Crippen molar-refractivity contribution in [3.05, 3.63) is 173 Å². The Hall–Kier alpha value is -4.88. The van der Waals surface area contributed by atoms with Crippen LogP contribution in [0.25, 0.3) is 38.6 Å². The second-order valence-corrected chi connectivity index (χ2v) is 23.0. The zero-order valence-corrected chi connectivity index (χ0v) is 39.9. The van der Waals surface area contributed by atoms with Crippen LogP contribution in [-0.4, -0.2) is 4.57 Å². The standard InChI is InChI=1S/C64H71N/c1-42(2)17-16-18-43(3)55-33-34-56-52-32-29-48-39-45(35-37-62(48,4)57(52)36-38-63(55,56)5)44-27-30-49(31-28-44)65-60-26-15-13-24-51(60)54-40-59-53(41-61(54)65)50-23-12-14-25-58(50)64(59,46-19-8-6-9-20-46)47-21-10-7-11-22-47/h6-15,19-28,30-31,40-43,45,48,52,55-57H,16-18,29,32-39H2,1-5H3/t43-,45?,48+,52+,55-,56+,57+,62+,63-/m1/s1. The molecule has 0 aliphatic heterocycles. The minimum atomic E-state index is -0.411. The minimum absolute atomic E-state index is 0.411. The Bertz CT molecular complexity index is 2810. The second kappa shape index (κ2) is 15.9. The van der Waals surface area contributed by atoms with Gasteiger partial charge in [0, 0.05) is 16.5 Å². The summed E-state index contributed by atoms with van der Waals surface area (Å²) >= 11 is 0. The third kappa shape index (κ3) is 6.29. The summed E-state index contributed by atoms with van der Waals surface area (Å²) in [5, 5.41) is 2.64. The van der Waals surface area contributed by atoms with Gasteiger partial charge in [-0.2, -0.15) is 0 Å². The van der Waals surface area contributed by atoms with Gasteiger partial charge in [0.25, 0.3) is 0 Å². The van der Waals surface area contributed by atoms with E-state index in [0.717, 1.165) is 41.4 Å². The van der Waals surface area contributed by atoms with Crippen LogP contribution in [-0.2, 0) is 5.41 Å². The van der Waals surface area contributed by atoms with Crippen molar-refractivity contribution in [2.75, 3.05) is 0 Å². The van der Waals surface area contributed by atoms with Gasteiger partial charge in [-0.1, -0.05) is 169 Å². The Morgan fingerprint density at radius 3 is 1.98 bits per heavy atom. The van der Waals surface area contributed by atoms with E-state index in [4.69, 9.17) is 0 Å². The van der Waals surface area contributed by atoms with Crippen LogP contribution in [0.2, 0.25) is 0 Å². The summed E-state index contributed by atoms with van der Waals surface area (Å²) in [5.41, 5.74) is 14.1. The van der Waals surface area contributed by atoms with Crippen LogP contribution >= 0.6 is 0 Å². The summed E-state index contributed by atoms with van der Waals surface area (Å²) < 4.78 is 2.55. The third-order valence-electron chi connectivity index (χ3n) is 19.7. The first-order valence-electron chi connectivity index (χ1n) is 26.1. The molecule has 1 unspecified atom stereocenters. The summed E-state index contributed by atoms with van der Waals surface area (Å²) in [7, 11) is 0. The predicted molar refractivity (Wildman–Crippen MR) is 274 cm³/mol. The van der Waals surface area contributed by atoms with E-state index in [1.54, 1.807) is 5.56 Å². The molecule has 0 amide bonds. The van der Waals surface area contributed by atoms with Crippen LogP contribution in [0.4, 0.5) is 0 Å². The molecule has 1 heterocycles. The fourth-order valence-corrected chi connectivity index (χ4v) is 16.7. The van der Waals surface area contributed by atoms with Crippen molar-refractivity contribution in [1.29, 1.82) is 0 Å². The van der Waals surface area contributed by atoms with Crippen molar-refractivity contribution in [2.45, 2.75) is 123 Å². The maximum Gasteiger partial charge on any atom is 0.0713 e. The van der Waals surface area contributed by atoms with Crippen LogP contribution < -0.4 is 0 Å². The van der Waals surface area contributed by atoms with Gasteiger partial charge in [-0.25, -0.2) is 0 Å². The van der Waals surface area contributed by atoms with Gasteiger partial charge in [0.05, 0.1) is 16.4 Å². The molecule has 5 aliphatic carbocycles. The Kier molecular flexibility index (Phi) is 10.2. The van der Waals surface area contributed by atoms with E-state index >= 15 is 0 Å². The Morgan fingerprint density at radius 1 is 0.554 bits per heavy atom. The zero-order chi connectivity index (χ0) is 44.1. The van der Waals surface area contributed by atoms with E-state index in [2.05, 4.69) is 185 Å². The van der Waals surface area contributed by atoms with Crippen LogP contribution in [0.5, 0.6) is 0 Å². The first-order chi connectivity index (χ1) is 31.7. The van der Waals surface area contributed by atoms with Crippen LogP contribution in [0.1, 0.15) is 145 Å². The van der Waals surface area contributed by atoms with Gasteiger partial charge in [-0.05, 0) is 185 Å². The Balaban J connectivity index is 0.845. The molecule has 1 aromatic heterocycles. The number of aromatic nitrogens is 1. The lowest BCUT2D eigenvalue weighted by Crippen LogP contribution is -2.53. The van der Waals surface area contributed by atoms with E-state index in [9.17, 15) is 0 Å². The van der Waals surface area contributed by atoms with Gasteiger partial charge in [0.1, 0.15) is 0 Å². The average Bonchev–Trinajstić information content (AvgIpc) is 3.96. The van der Waals surface area contributed by atoms with Crippen molar-refractivity contribution >= 4 is 21.8 Å². The number of rotatable bonds is 9. The van der Waals surface area contributed by atoms with Crippen LogP contribution in [0.3, 0.4) is 0 Å². The second-order valence-electron chi connectivity index (χ2n) is 23.0. The molecule has 9 atom stereocenters. The van der Waals surface area contributed by atoms with E-state index < -0.39 is 5.41 Å². The molecule has 0 bridgehead atoms. The lowest BCUT2D eigenvalue weighted by Gasteiger charge is -2.61. The summed E-state index contributed by atoms with van der Waals surface area (Å²) in [6, 6.07) is 55.7. The third-order valence-corrected chi connectivity index (χ3v) is 19.7. The van der Waals surface area contributed by atoms with Gasteiger partial charge < -0.3 is 4.57 Å². The molecular formula is C64H71N. The van der Waals surface area contributed by atoms with Gasteiger partial charge in [0.2, 0.25) is 0 Å². The molecule has 5 aliphatic rings. The quantitative estimate of drug-likeness (QED) is 0.136. The monoisotopic (exact) mass is 854 g/mol. The maximum atomic E-state index is 2.78. The fraction of sp³-hybridized carbons (Fsp3) is 0.438. The highest BCUT2D eigenvalue weighted by Crippen LogP contribution is 2.69. The zero-order valence-electron chi connectivity index (χ0n) is 39.9. The van der Waals surface area contributed by atoms with Gasteiger partial charge in [-0.3, -0.25) is 0 Å². The minimum Gasteiger partial charge on any atom is -0.309 e. The molecule has 4 saturated carbocycles. The van der Waals surface area contributed by atoms with Crippen molar-refractivity contribution < 1.29 is 0 Å². The van der Waals surface area contributed by atoms with Gasteiger partial charge in [-0.15, -0.1) is 0 Å². The topological polar surface area (TPSA) is 4.93 Å². The molecule has 0 radical (unpaired) electrons.